The number of anilines is 1. The summed E-state index contributed by atoms with van der Waals surface area (Å²) in [6.07, 6.45) is 6.00. The Kier molecular flexibility index (Phi) is 2.33. The highest BCUT2D eigenvalue weighted by Crippen LogP contribution is 2.40. The van der Waals surface area contributed by atoms with E-state index in [1.807, 2.05) is 24.3 Å². The Labute approximate surface area is 98.4 Å². The number of hydrogen-bond acceptors (Lipinski definition) is 2. The number of allylic oxidation sites excluding steroid dienone is 2. The Morgan fingerprint density at radius 3 is 3.06 bits per heavy atom. The van der Waals surface area contributed by atoms with Crippen molar-refractivity contribution in [3.05, 3.63) is 46.9 Å². The summed E-state index contributed by atoms with van der Waals surface area (Å²) in [7, 11) is 0. The van der Waals surface area contributed by atoms with E-state index in [1.54, 1.807) is 11.8 Å². The molecule has 1 heterocycles. The van der Waals surface area contributed by atoms with Gasteiger partial charge in [0.05, 0.1) is 5.69 Å². The number of nitrogens with one attached hydrogen (secondary N) is 1. The van der Waals surface area contributed by atoms with Crippen LogP contribution in [0.2, 0.25) is 0 Å². The maximum Gasteiger partial charge on any atom is 0.252 e. The van der Waals surface area contributed by atoms with Crippen molar-refractivity contribution in [2.24, 2.45) is 0 Å². The highest BCUT2D eigenvalue weighted by molar-refractivity contribution is 8.03. The zero-order chi connectivity index (χ0) is 11.0. The number of benzene rings is 1. The first-order valence-electron chi connectivity index (χ1n) is 5.32. The first-order chi connectivity index (χ1) is 7.84. The van der Waals surface area contributed by atoms with Gasteiger partial charge in [-0.25, -0.2) is 0 Å². The number of hydrogen-bond donors (Lipinski definition) is 1. The van der Waals surface area contributed by atoms with Crippen molar-refractivity contribution in [2.75, 3.05) is 5.32 Å². The van der Waals surface area contributed by atoms with Crippen molar-refractivity contribution in [1.82, 2.24) is 0 Å². The molecule has 3 heteroatoms. The van der Waals surface area contributed by atoms with Gasteiger partial charge in [0.1, 0.15) is 0 Å². The lowest BCUT2D eigenvalue weighted by atomic mass is 10.0. The van der Waals surface area contributed by atoms with E-state index >= 15 is 0 Å². The van der Waals surface area contributed by atoms with Crippen LogP contribution in [-0.2, 0) is 4.79 Å². The van der Waals surface area contributed by atoms with E-state index in [-0.39, 0.29) is 5.91 Å². The number of thioether (sulfide) groups is 1. The Morgan fingerprint density at radius 2 is 2.12 bits per heavy atom. The number of rotatable bonds is 0. The minimum atomic E-state index is 0.0526. The van der Waals surface area contributed by atoms with Crippen LogP contribution >= 0.6 is 11.8 Å². The minimum absolute atomic E-state index is 0.0526. The zero-order valence-electron chi connectivity index (χ0n) is 8.69. The second-order valence-corrected chi connectivity index (χ2v) is 4.92. The molecule has 0 fully saturated rings. The van der Waals surface area contributed by atoms with Crippen molar-refractivity contribution in [3.63, 3.8) is 0 Å². The standard InChI is InChI=1S/C13H11NOS/c15-13-9-5-1-3-7-11(9)16-12-8-4-2-6-10(12)14-13/h2-4,6-8H,1,5H2,(H,14,15). The normalized spacial score (nSPS) is 18.6. The molecule has 0 saturated heterocycles. The van der Waals surface area contributed by atoms with E-state index < -0.39 is 0 Å². The van der Waals surface area contributed by atoms with Gasteiger partial charge in [-0.2, -0.15) is 0 Å². The molecule has 16 heavy (non-hydrogen) atoms. The van der Waals surface area contributed by atoms with Gasteiger partial charge in [0.2, 0.25) is 0 Å². The summed E-state index contributed by atoms with van der Waals surface area (Å²) >= 11 is 1.67. The molecule has 0 saturated carbocycles. The molecule has 1 aliphatic carbocycles. The fraction of sp³-hybridized carbons (Fsp3) is 0.154. The van der Waals surface area contributed by atoms with Gasteiger partial charge >= 0.3 is 0 Å². The molecule has 2 nitrogen and oxygen atoms in total. The minimum Gasteiger partial charge on any atom is -0.321 e. The Hall–Kier alpha value is -1.48. The van der Waals surface area contributed by atoms with Crippen molar-refractivity contribution >= 4 is 23.4 Å². The lowest BCUT2D eigenvalue weighted by Gasteiger charge is -2.10. The third-order valence-corrected chi connectivity index (χ3v) is 3.94. The molecule has 0 aromatic heterocycles. The first-order valence-corrected chi connectivity index (χ1v) is 6.14. The average molecular weight is 229 g/mol. The third-order valence-electron chi connectivity index (χ3n) is 2.76. The van der Waals surface area contributed by atoms with Crippen LogP contribution in [0.1, 0.15) is 12.8 Å². The second-order valence-electron chi connectivity index (χ2n) is 3.84. The van der Waals surface area contributed by atoms with Gasteiger partial charge in [0.15, 0.2) is 0 Å². The molecule has 2 aliphatic rings. The molecule has 0 atom stereocenters. The summed E-state index contributed by atoms with van der Waals surface area (Å²) in [6.45, 7) is 0. The van der Waals surface area contributed by atoms with Gasteiger partial charge in [-0.15, -0.1) is 0 Å². The highest BCUT2D eigenvalue weighted by Gasteiger charge is 2.22. The molecular formula is C13H11NOS. The van der Waals surface area contributed by atoms with Crippen LogP contribution in [-0.4, -0.2) is 5.91 Å². The fourth-order valence-electron chi connectivity index (χ4n) is 1.94. The molecule has 0 bridgehead atoms. The van der Waals surface area contributed by atoms with Crippen molar-refractivity contribution in [1.29, 1.82) is 0 Å². The van der Waals surface area contributed by atoms with Crippen LogP contribution < -0.4 is 5.32 Å². The summed E-state index contributed by atoms with van der Waals surface area (Å²) < 4.78 is 0. The monoisotopic (exact) mass is 229 g/mol. The lowest BCUT2D eigenvalue weighted by Crippen LogP contribution is -2.15. The Balaban J connectivity index is 2.10. The van der Waals surface area contributed by atoms with E-state index in [9.17, 15) is 4.79 Å². The van der Waals surface area contributed by atoms with E-state index in [4.69, 9.17) is 0 Å². The molecule has 1 aromatic rings. The summed E-state index contributed by atoms with van der Waals surface area (Å²) in [5, 5.41) is 2.97. The average Bonchev–Trinajstić information content (AvgIpc) is 2.45. The number of amides is 1. The quantitative estimate of drug-likeness (QED) is 0.739. The molecule has 1 aromatic carbocycles. The van der Waals surface area contributed by atoms with Crippen LogP contribution in [0.15, 0.2) is 51.8 Å². The fourth-order valence-corrected chi connectivity index (χ4v) is 3.03. The van der Waals surface area contributed by atoms with Crippen LogP contribution in [0.3, 0.4) is 0 Å². The van der Waals surface area contributed by atoms with Crippen molar-refractivity contribution < 1.29 is 4.79 Å². The van der Waals surface area contributed by atoms with Crippen molar-refractivity contribution in [2.45, 2.75) is 17.7 Å². The van der Waals surface area contributed by atoms with Gasteiger partial charge in [0.25, 0.3) is 5.91 Å². The summed E-state index contributed by atoms with van der Waals surface area (Å²) in [5.74, 6) is 0.0526. The number of para-hydroxylation sites is 1. The van der Waals surface area contributed by atoms with E-state index in [0.717, 1.165) is 33.9 Å². The van der Waals surface area contributed by atoms with E-state index in [2.05, 4.69) is 17.5 Å². The third kappa shape index (κ3) is 1.57. The van der Waals surface area contributed by atoms with Crippen LogP contribution in [0.5, 0.6) is 0 Å². The maximum absolute atomic E-state index is 12.0. The van der Waals surface area contributed by atoms with Crippen LogP contribution in [0.4, 0.5) is 5.69 Å². The summed E-state index contributed by atoms with van der Waals surface area (Å²) in [4.78, 5) is 14.2. The smallest absolute Gasteiger partial charge is 0.252 e. The highest BCUT2D eigenvalue weighted by atomic mass is 32.2. The van der Waals surface area contributed by atoms with Gasteiger partial charge in [0, 0.05) is 15.4 Å². The molecule has 0 unspecified atom stereocenters. The molecule has 1 N–H and O–H groups in total. The van der Waals surface area contributed by atoms with Gasteiger partial charge in [-0.05, 0) is 25.0 Å². The summed E-state index contributed by atoms with van der Waals surface area (Å²) in [5.41, 5.74) is 1.84. The SMILES string of the molecule is O=C1Nc2ccccc2SC2=C1CCC=C2. The Bertz CT molecular complexity index is 516. The predicted octanol–water partition coefficient (Wildman–Crippen LogP) is 3.33. The van der Waals surface area contributed by atoms with E-state index in [1.165, 1.54) is 0 Å². The predicted molar refractivity (Wildman–Crippen MR) is 66.3 cm³/mol. The van der Waals surface area contributed by atoms with Crippen molar-refractivity contribution in [3.8, 4) is 0 Å². The number of fused-ring (bicyclic) bond motifs is 1. The number of carbonyl (C=O) groups is 1. The number of carbonyl (C=O) groups excluding carboxylic acids is 1. The topological polar surface area (TPSA) is 29.1 Å². The van der Waals surface area contributed by atoms with Gasteiger partial charge < -0.3 is 5.32 Å². The maximum atomic E-state index is 12.0. The molecule has 0 spiro atoms. The molecule has 80 valence electrons. The van der Waals surface area contributed by atoms with Gasteiger partial charge in [-0.1, -0.05) is 36.0 Å². The van der Waals surface area contributed by atoms with Gasteiger partial charge in [-0.3, -0.25) is 4.79 Å². The zero-order valence-corrected chi connectivity index (χ0v) is 9.51. The molecule has 1 amide bonds. The Morgan fingerprint density at radius 1 is 1.25 bits per heavy atom. The molecule has 3 rings (SSSR count). The van der Waals surface area contributed by atoms with E-state index in [0.29, 0.717) is 0 Å². The summed E-state index contributed by atoms with van der Waals surface area (Å²) in [6, 6.07) is 7.93. The largest absolute Gasteiger partial charge is 0.321 e. The second kappa shape index (κ2) is 3.83. The molecule has 0 radical (unpaired) electrons. The lowest BCUT2D eigenvalue weighted by molar-refractivity contribution is -0.113. The van der Waals surface area contributed by atoms with Crippen LogP contribution in [0.25, 0.3) is 0 Å². The molecule has 1 aliphatic heterocycles. The first kappa shape index (κ1) is 9.73. The molecular weight excluding hydrogens is 218 g/mol. The van der Waals surface area contributed by atoms with Crippen LogP contribution in [0, 0.1) is 0 Å².